The van der Waals surface area contributed by atoms with Crippen molar-refractivity contribution in [1.82, 2.24) is 4.90 Å². The average Bonchev–Trinajstić information content (AvgIpc) is 2.69. The van der Waals surface area contributed by atoms with Gasteiger partial charge in [-0.2, -0.15) is 0 Å². The number of amides is 1. The maximum atomic E-state index is 12.2. The van der Waals surface area contributed by atoms with Gasteiger partial charge < -0.3 is 10.4 Å². The molecular weight excluding hydrogens is 311 g/mol. The van der Waals surface area contributed by atoms with Crippen molar-refractivity contribution in [2.24, 2.45) is 0 Å². The molecule has 0 spiro atoms. The number of aliphatic hydroxyl groups is 1. The zero-order valence-corrected chi connectivity index (χ0v) is 13.3. The summed E-state index contributed by atoms with van der Waals surface area (Å²) >= 11 is 12.0. The molecule has 0 aliphatic carbocycles. The highest BCUT2D eigenvalue weighted by Gasteiger charge is 2.22. The third-order valence-electron chi connectivity index (χ3n) is 3.78. The predicted octanol–water partition coefficient (Wildman–Crippen LogP) is 3.17. The van der Waals surface area contributed by atoms with Gasteiger partial charge in [0, 0.05) is 6.04 Å². The molecule has 0 aromatic heterocycles. The van der Waals surface area contributed by atoms with Crippen LogP contribution in [0.5, 0.6) is 0 Å². The lowest BCUT2D eigenvalue weighted by atomic mass is 10.1. The van der Waals surface area contributed by atoms with Crippen molar-refractivity contribution in [3.8, 4) is 0 Å². The number of carbonyl (C=O) groups excluding carboxylic acids is 1. The normalized spacial score (nSPS) is 20.0. The highest BCUT2D eigenvalue weighted by molar-refractivity contribution is 6.43. The zero-order valence-electron chi connectivity index (χ0n) is 11.8. The number of nitrogens with zero attached hydrogens (tertiary/aromatic N) is 1. The summed E-state index contributed by atoms with van der Waals surface area (Å²) in [6.45, 7) is 1.18. The lowest BCUT2D eigenvalue weighted by Gasteiger charge is -2.27. The van der Waals surface area contributed by atoms with Gasteiger partial charge in [-0.15, -0.1) is 0 Å². The first-order chi connectivity index (χ1) is 10.1. The van der Waals surface area contributed by atoms with E-state index in [9.17, 15) is 9.90 Å². The Morgan fingerprint density at radius 3 is 2.90 bits per heavy atom. The Labute approximate surface area is 135 Å². The van der Waals surface area contributed by atoms with Crippen molar-refractivity contribution < 1.29 is 9.90 Å². The first-order valence-corrected chi connectivity index (χ1v) is 7.96. The van der Waals surface area contributed by atoms with E-state index in [0.29, 0.717) is 15.7 Å². The topological polar surface area (TPSA) is 52.6 Å². The molecule has 1 aromatic rings. The van der Waals surface area contributed by atoms with Gasteiger partial charge in [0.15, 0.2) is 0 Å². The van der Waals surface area contributed by atoms with Crippen molar-refractivity contribution >= 4 is 34.8 Å². The van der Waals surface area contributed by atoms with Crippen molar-refractivity contribution in [2.75, 3.05) is 25.0 Å². The van der Waals surface area contributed by atoms with Crippen LogP contribution in [-0.4, -0.2) is 41.7 Å². The molecular formula is C15H20Cl2N2O2. The highest BCUT2D eigenvalue weighted by atomic mass is 35.5. The van der Waals surface area contributed by atoms with Crippen molar-refractivity contribution in [3.05, 3.63) is 28.2 Å². The van der Waals surface area contributed by atoms with E-state index >= 15 is 0 Å². The summed E-state index contributed by atoms with van der Waals surface area (Å²) in [6.07, 6.45) is 4.24. The number of anilines is 1. The summed E-state index contributed by atoms with van der Waals surface area (Å²) in [7, 11) is 0. The summed E-state index contributed by atoms with van der Waals surface area (Å²) in [5.74, 6) is -0.139. The predicted molar refractivity (Wildman–Crippen MR) is 86.0 cm³/mol. The maximum Gasteiger partial charge on any atom is 0.238 e. The second-order valence-corrected chi connectivity index (χ2v) is 6.09. The second kappa shape index (κ2) is 7.99. The van der Waals surface area contributed by atoms with Gasteiger partial charge in [-0.1, -0.05) is 42.1 Å². The fraction of sp³-hybridized carbons (Fsp3) is 0.533. The molecule has 1 saturated heterocycles. The number of aliphatic hydroxyl groups excluding tert-OH is 1. The number of halogens is 2. The van der Waals surface area contributed by atoms with Crippen LogP contribution in [0.25, 0.3) is 0 Å². The molecule has 2 rings (SSSR count). The first kappa shape index (κ1) is 16.6. The van der Waals surface area contributed by atoms with Crippen molar-refractivity contribution in [1.29, 1.82) is 0 Å². The van der Waals surface area contributed by atoms with Crippen LogP contribution in [0.15, 0.2) is 18.2 Å². The van der Waals surface area contributed by atoms with Gasteiger partial charge >= 0.3 is 0 Å². The molecule has 1 amide bonds. The van der Waals surface area contributed by atoms with E-state index in [-0.39, 0.29) is 25.1 Å². The molecule has 1 fully saturated rings. The number of benzene rings is 1. The monoisotopic (exact) mass is 330 g/mol. The third-order valence-corrected chi connectivity index (χ3v) is 4.60. The van der Waals surface area contributed by atoms with Crippen molar-refractivity contribution in [2.45, 2.75) is 31.7 Å². The Morgan fingerprint density at radius 2 is 2.14 bits per heavy atom. The smallest absolute Gasteiger partial charge is 0.238 e. The van der Waals surface area contributed by atoms with Crippen LogP contribution in [0, 0.1) is 0 Å². The Balaban J connectivity index is 1.98. The molecule has 1 heterocycles. The van der Waals surface area contributed by atoms with E-state index in [2.05, 4.69) is 5.32 Å². The van der Waals surface area contributed by atoms with E-state index in [4.69, 9.17) is 23.2 Å². The number of hydrogen-bond donors (Lipinski definition) is 2. The van der Waals surface area contributed by atoms with Gasteiger partial charge in [-0.25, -0.2) is 0 Å². The lowest BCUT2D eigenvalue weighted by Crippen LogP contribution is -2.42. The largest absolute Gasteiger partial charge is 0.395 e. The number of carbonyl (C=O) groups is 1. The molecule has 0 saturated carbocycles. The molecule has 4 nitrogen and oxygen atoms in total. The van der Waals surface area contributed by atoms with Crippen LogP contribution in [0.4, 0.5) is 5.69 Å². The molecule has 1 aromatic carbocycles. The van der Waals surface area contributed by atoms with E-state index in [1.807, 2.05) is 4.90 Å². The molecule has 1 unspecified atom stereocenters. The van der Waals surface area contributed by atoms with E-state index in [1.165, 1.54) is 0 Å². The molecule has 1 atom stereocenters. The Kier molecular flexibility index (Phi) is 6.30. The van der Waals surface area contributed by atoms with E-state index < -0.39 is 0 Å². The Morgan fingerprint density at radius 1 is 1.33 bits per heavy atom. The van der Waals surface area contributed by atoms with Gasteiger partial charge in [0.2, 0.25) is 5.91 Å². The molecule has 1 aliphatic heterocycles. The number of rotatable bonds is 4. The molecule has 0 radical (unpaired) electrons. The summed E-state index contributed by atoms with van der Waals surface area (Å²) < 4.78 is 0. The Hall–Kier alpha value is -0.810. The van der Waals surface area contributed by atoms with E-state index in [1.54, 1.807) is 18.2 Å². The van der Waals surface area contributed by atoms with Crippen LogP contribution in [0.3, 0.4) is 0 Å². The summed E-state index contributed by atoms with van der Waals surface area (Å²) in [5, 5.41) is 13.0. The van der Waals surface area contributed by atoms with Gasteiger partial charge in [0.25, 0.3) is 0 Å². The van der Waals surface area contributed by atoms with Crippen LogP contribution in [0.2, 0.25) is 10.0 Å². The summed E-state index contributed by atoms with van der Waals surface area (Å²) in [6, 6.07) is 5.20. The highest BCUT2D eigenvalue weighted by Crippen LogP contribution is 2.29. The quantitative estimate of drug-likeness (QED) is 0.891. The molecule has 6 heteroatoms. The SMILES string of the molecule is O=C(CN1CCCCCC1CO)Nc1cccc(Cl)c1Cl. The first-order valence-electron chi connectivity index (χ1n) is 7.20. The van der Waals surface area contributed by atoms with Gasteiger partial charge in [-0.05, 0) is 31.5 Å². The lowest BCUT2D eigenvalue weighted by molar-refractivity contribution is -0.118. The average molecular weight is 331 g/mol. The standard InChI is InChI=1S/C15H20Cl2N2O2/c16-12-6-4-7-13(15(12)17)18-14(21)9-19-8-3-1-2-5-11(19)10-20/h4,6-7,11,20H,1-3,5,8-10H2,(H,18,21). The minimum atomic E-state index is -0.139. The molecule has 21 heavy (non-hydrogen) atoms. The number of nitrogens with one attached hydrogen (secondary N) is 1. The van der Waals surface area contributed by atoms with Crippen molar-refractivity contribution in [3.63, 3.8) is 0 Å². The van der Waals surface area contributed by atoms with Gasteiger partial charge in [-0.3, -0.25) is 9.69 Å². The molecule has 0 bridgehead atoms. The minimum Gasteiger partial charge on any atom is -0.395 e. The fourth-order valence-corrected chi connectivity index (χ4v) is 2.97. The molecule has 116 valence electrons. The minimum absolute atomic E-state index is 0.0630. The molecule has 1 aliphatic rings. The fourth-order valence-electron chi connectivity index (χ4n) is 2.63. The molecule has 2 N–H and O–H groups in total. The number of hydrogen-bond acceptors (Lipinski definition) is 3. The van der Waals surface area contributed by atoms with Crippen LogP contribution >= 0.6 is 23.2 Å². The zero-order chi connectivity index (χ0) is 15.2. The van der Waals surface area contributed by atoms with Gasteiger partial charge in [0.05, 0.1) is 28.9 Å². The van der Waals surface area contributed by atoms with Crippen LogP contribution < -0.4 is 5.32 Å². The van der Waals surface area contributed by atoms with E-state index in [0.717, 1.165) is 32.2 Å². The second-order valence-electron chi connectivity index (χ2n) is 5.31. The summed E-state index contributed by atoms with van der Waals surface area (Å²) in [4.78, 5) is 14.2. The van der Waals surface area contributed by atoms with Gasteiger partial charge in [0.1, 0.15) is 0 Å². The Bertz CT molecular complexity index is 497. The van der Waals surface area contributed by atoms with Crippen LogP contribution in [0.1, 0.15) is 25.7 Å². The third kappa shape index (κ3) is 4.58. The maximum absolute atomic E-state index is 12.2. The van der Waals surface area contributed by atoms with Crippen LogP contribution in [-0.2, 0) is 4.79 Å². The number of likely N-dealkylation sites (tertiary alicyclic amines) is 1. The summed E-state index contributed by atoms with van der Waals surface area (Å²) in [5.41, 5.74) is 0.518.